The smallest absolute Gasteiger partial charge is 0.159 e. The topological polar surface area (TPSA) is 30.2 Å². The fourth-order valence-corrected chi connectivity index (χ4v) is 3.35. The monoisotopic (exact) mass is 230 g/mol. The van der Waals surface area contributed by atoms with Crippen LogP contribution in [0.4, 0.5) is 0 Å². The van der Waals surface area contributed by atoms with E-state index in [4.69, 9.17) is 4.42 Å². The van der Waals surface area contributed by atoms with Crippen LogP contribution in [0.15, 0.2) is 16.3 Å². The van der Waals surface area contributed by atoms with Crippen molar-refractivity contribution in [3.05, 3.63) is 28.7 Å². The van der Waals surface area contributed by atoms with Crippen LogP contribution in [0.1, 0.15) is 43.6 Å². The van der Waals surface area contributed by atoms with Crippen LogP contribution in [0.2, 0.25) is 0 Å². The van der Waals surface area contributed by atoms with Gasteiger partial charge in [-0.05, 0) is 48.8 Å². The highest BCUT2D eigenvalue weighted by Crippen LogP contribution is 2.47. The van der Waals surface area contributed by atoms with Crippen molar-refractivity contribution < 1.29 is 9.21 Å². The maximum atomic E-state index is 12.0. The van der Waals surface area contributed by atoms with Crippen LogP contribution in [0.25, 0.3) is 5.57 Å². The summed E-state index contributed by atoms with van der Waals surface area (Å²) in [5.41, 5.74) is 4.67. The zero-order chi connectivity index (χ0) is 12.2. The molecule has 0 spiro atoms. The second kappa shape index (κ2) is 3.59. The largest absolute Gasteiger partial charge is 0.468 e. The Kier molecular flexibility index (Phi) is 2.29. The molecule has 0 unspecified atom stereocenters. The van der Waals surface area contributed by atoms with Gasteiger partial charge in [0.25, 0.3) is 0 Å². The van der Waals surface area contributed by atoms with Gasteiger partial charge in [-0.2, -0.15) is 0 Å². The van der Waals surface area contributed by atoms with E-state index < -0.39 is 0 Å². The van der Waals surface area contributed by atoms with E-state index in [0.717, 1.165) is 24.2 Å². The molecule has 2 aliphatic rings. The van der Waals surface area contributed by atoms with Crippen LogP contribution in [0.3, 0.4) is 0 Å². The average Bonchev–Trinajstić information content (AvgIpc) is 2.74. The molecule has 17 heavy (non-hydrogen) atoms. The summed E-state index contributed by atoms with van der Waals surface area (Å²) < 4.78 is 5.66. The summed E-state index contributed by atoms with van der Waals surface area (Å²) in [5, 5.41) is 0. The number of carbonyl (C=O) groups excluding carboxylic acids is 1. The molecule has 1 aromatic rings. The van der Waals surface area contributed by atoms with E-state index in [-0.39, 0.29) is 0 Å². The lowest BCUT2D eigenvalue weighted by atomic mass is 9.84. The molecule has 0 radical (unpaired) electrons. The highest BCUT2D eigenvalue weighted by molar-refractivity contribution is 6.08. The molecule has 0 aromatic carbocycles. The van der Waals surface area contributed by atoms with Crippen molar-refractivity contribution in [3.63, 3.8) is 0 Å². The van der Waals surface area contributed by atoms with E-state index >= 15 is 0 Å². The quantitative estimate of drug-likeness (QED) is 0.682. The summed E-state index contributed by atoms with van der Waals surface area (Å²) in [4.78, 5) is 12.0. The molecule has 0 amide bonds. The molecule has 0 fully saturated rings. The molecule has 0 saturated carbocycles. The Morgan fingerprint density at radius 3 is 2.88 bits per heavy atom. The number of allylic oxidation sites excluding steroid dienone is 2. The molecule has 2 aliphatic carbocycles. The first-order valence-electron chi connectivity index (χ1n) is 6.41. The van der Waals surface area contributed by atoms with Gasteiger partial charge in [0.15, 0.2) is 5.78 Å². The number of aryl methyl sites for hydroxylation is 2. The van der Waals surface area contributed by atoms with Gasteiger partial charge in [-0.15, -0.1) is 0 Å². The predicted molar refractivity (Wildman–Crippen MR) is 66.6 cm³/mol. The van der Waals surface area contributed by atoms with E-state index in [1.54, 1.807) is 0 Å². The SMILES string of the molecule is CC1=C2c3c(C)coc3CC[C@@H](C)[C@@H]2CC1=O. The number of ketones is 1. The second-order valence-corrected chi connectivity index (χ2v) is 5.51. The van der Waals surface area contributed by atoms with E-state index in [0.29, 0.717) is 24.0 Å². The van der Waals surface area contributed by atoms with Crippen molar-refractivity contribution in [1.82, 2.24) is 0 Å². The summed E-state index contributed by atoms with van der Waals surface area (Å²) >= 11 is 0. The van der Waals surface area contributed by atoms with Gasteiger partial charge in [0.1, 0.15) is 5.76 Å². The Morgan fingerprint density at radius 1 is 1.35 bits per heavy atom. The van der Waals surface area contributed by atoms with E-state index in [9.17, 15) is 4.79 Å². The van der Waals surface area contributed by atoms with Crippen LogP contribution in [0, 0.1) is 18.8 Å². The molecule has 0 saturated heterocycles. The van der Waals surface area contributed by atoms with Crippen molar-refractivity contribution in [3.8, 4) is 0 Å². The van der Waals surface area contributed by atoms with Gasteiger partial charge in [-0.25, -0.2) is 0 Å². The molecule has 1 aromatic heterocycles. The van der Waals surface area contributed by atoms with Gasteiger partial charge in [0, 0.05) is 18.4 Å². The third kappa shape index (κ3) is 1.43. The van der Waals surface area contributed by atoms with Crippen LogP contribution in [0.5, 0.6) is 0 Å². The van der Waals surface area contributed by atoms with Gasteiger partial charge < -0.3 is 4.42 Å². The fourth-order valence-electron chi connectivity index (χ4n) is 3.35. The highest BCUT2D eigenvalue weighted by atomic mass is 16.3. The molecule has 90 valence electrons. The molecule has 1 heterocycles. The minimum atomic E-state index is 0.324. The Morgan fingerprint density at radius 2 is 2.12 bits per heavy atom. The van der Waals surface area contributed by atoms with E-state index in [2.05, 4.69) is 13.8 Å². The number of hydrogen-bond acceptors (Lipinski definition) is 2. The molecule has 0 bridgehead atoms. The first-order valence-corrected chi connectivity index (χ1v) is 6.41. The van der Waals surface area contributed by atoms with Crippen molar-refractivity contribution in [2.75, 3.05) is 0 Å². The number of rotatable bonds is 0. The number of carbonyl (C=O) groups is 1. The van der Waals surface area contributed by atoms with Crippen molar-refractivity contribution in [2.45, 2.75) is 40.0 Å². The van der Waals surface area contributed by atoms with Gasteiger partial charge in [0.05, 0.1) is 6.26 Å². The molecule has 2 nitrogen and oxygen atoms in total. The number of Topliss-reactive ketones (excluding diaryl/α,β-unsaturated/α-hetero) is 1. The first kappa shape index (κ1) is 10.8. The predicted octanol–water partition coefficient (Wildman–Crippen LogP) is 3.53. The molecule has 0 N–H and O–H groups in total. The lowest BCUT2D eigenvalue weighted by Gasteiger charge is -2.18. The van der Waals surface area contributed by atoms with Crippen molar-refractivity contribution >= 4 is 11.4 Å². The minimum Gasteiger partial charge on any atom is -0.468 e. The summed E-state index contributed by atoms with van der Waals surface area (Å²) in [6, 6.07) is 0. The summed E-state index contributed by atoms with van der Waals surface area (Å²) in [7, 11) is 0. The summed E-state index contributed by atoms with van der Waals surface area (Å²) in [6.45, 7) is 6.32. The third-order valence-electron chi connectivity index (χ3n) is 4.43. The zero-order valence-electron chi connectivity index (χ0n) is 10.7. The normalized spacial score (nSPS) is 28.1. The summed E-state index contributed by atoms with van der Waals surface area (Å²) in [6.07, 6.45) is 4.66. The third-order valence-corrected chi connectivity index (χ3v) is 4.43. The minimum absolute atomic E-state index is 0.324. The number of furan rings is 1. The number of fused-ring (bicyclic) bond motifs is 3. The van der Waals surface area contributed by atoms with E-state index in [1.165, 1.54) is 16.7 Å². The Labute approximate surface area is 102 Å². The Balaban J connectivity index is 2.25. The average molecular weight is 230 g/mol. The molecular weight excluding hydrogens is 212 g/mol. The van der Waals surface area contributed by atoms with Crippen molar-refractivity contribution in [1.29, 1.82) is 0 Å². The van der Waals surface area contributed by atoms with Gasteiger partial charge >= 0.3 is 0 Å². The zero-order valence-corrected chi connectivity index (χ0v) is 10.7. The first-order chi connectivity index (χ1) is 8.09. The highest BCUT2D eigenvalue weighted by Gasteiger charge is 2.38. The van der Waals surface area contributed by atoms with Gasteiger partial charge in [-0.1, -0.05) is 6.92 Å². The standard InChI is InChI=1S/C15H18O2/c1-8-4-5-13-14(9(2)7-17-13)15-10(3)12(16)6-11(8)15/h7-8,11H,4-6H2,1-3H3/t8-,11+/m1/s1. The maximum absolute atomic E-state index is 12.0. The maximum Gasteiger partial charge on any atom is 0.159 e. The van der Waals surface area contributed by atoms with Crippen LogP contribution < -0.4 is 0 Å². The Hall–Kier alpha value is -1.31. The molecule has 0 aliphatic heterocycles. The lowest BCUT2D eigenvalue weighted by molar-refractivity contribution is -0.115. The second-order valence-electron chi connectivity index (χ2n) is 5.51. The molecule has 2 heteroatoms. The van der Waals surface area contributed by atoms with Gasteiger partial charge in [-0.3, -0.25) is 4.79 Å². The molecule has 3 rings (SSSR count). The number of hydrogen-bond donors (Lipinski definition) is 0. The van der Waals surface area contributed by atoms with Gasteiger partial charge in [0.2, 0.25) is 0 Å². The molecular formula is C15H18O2. The van der Waals surface area contributed by atoms with Crippen LogP contribution in [-0.4, -0.2) is 5.78 Å². The van der Waals surface area contributed by atoms with Crippen molar-refractivity contribution in [2.24, 2.45) is 11.8 Å². The molecule has 2 atom stereocenters. The van der Waals surface area contributed by atoms with Crippen LogP contribution in [-0.2, 0) is 11.2 Å². The Bertz CT molecular complexity index is 519. The van der Waals surface area contributed by atoms with Crippen LogP contribution >= 0.6 is 0 Å². The lowest BCUT2D eigenvalue weighted by Crippen LogP contribution is -2.10. The van der Waals surface area contributed by atoms with E-state index in [1.807, 2.05) is 13.2 Å². The summed E-state index contributed by atoms with van der Waals surface area (Å²) in [5.74, 6) is 2.40. The fraction of sp³-hybridized carbons (Fsp3) is 0.533.